The van der Waals surface area contributed by atoms with E-state index in [0.29, 0.717) is 5.69 Å². The minimum atomic E-state index is -4.48. The lowest BCUT2D eigenvalue weighted by Gasteiger charge is -2.30. The van der Waals surface area contributed by atoms with Crippen LogP contribution < -0.4 is 9.62 Å². The number of benzene rings is 2. The normalized spacial score (nSPS) is 13.0. The van der Waals surface area contributed by atoms with Gasteiger partial charge in [-0.2, -0.15) is 13.2 Å². The Bertz CT molecular complexity index is 1020. The minimum absolute atomic E-state index is 0.149. The molecule has 0 saturated carbocycles. The van der Waals surface area contributed by atoms with E-state index >= 15 is 0 Å². The zero-order valence-electron chi connectivity index (χ0n) is 17.2. The van der Waals surface area contributed by atoms with Gasteiger partial charge in [0.1, 0.15) is 6.04 Å². The average Bonchev–Trinajstić information content (AvgIpc) is 2.65. The predicted octanol–water partition coefficient (Wildman–Crippen LogP) is 4.18. The Morgan fingerprint density at radius 2 is 1.77 bits per heavy atom. The second kappa shape index (κ2) is 9.07. The van der Waals surface area contributed by atoms with Crippen LogP contribution in [0.2, 0.25) is 0 Å². The highest BCUT2D eigenvalue weighted by atomic mass is 32.2. The van der Waals surface area contributed by atoms with Gasteiger partial charge in [0, 0.05) is 6.54 Å². The molecule has 0 aromatic heterocycles. The van der Waals surface area contributed by atoms with Gasteiger partial charge in [0.05, 0.1) is 17.5 Å². The van der Waals surface area contributed by atoms with Crippen LogP contribution in [-0.2, 0) is 27.5 Å². The van der Waals surface area contributed by atoms with Crippen LogP contribution in [0.25, 0.3) is 0 Å². The smallest absolute Gasteiger partial charge is 0.350 e. The van der Waals surface area contributed by atoms with Crippen molar-refractivity contribution in [2.45, 2.75) is 46.0 Å². The maximum Gasteiger partial charge on any atom is 0.416 e. The number of hydrogen-bond donors (Lipinski definition) is 1. The highest BCUT2D eigenvalue weighted by Crippen LogP contribution is 2.29. The summed E-state index contributed by atoms with van der Waals surface area (Å²) in [6.45, 7) is 5.26. The predicted molar refractivity (Wildman–Crippen MR) is 111 cm³/mol. The summed E-state index contributed by atoms with van der Waals surface area (Å²) in [6, 6.07) is 8.70. The van der Waals surface area contributed by atoms with Crippen molar-refractivity contribution in [3.05, 3.63) is 64.7 Å². The Labute approximate surface area is 175 Å². The molecular formula is C21H25F3N2O3S. The summed E-state index contributed by atoms with van der Waals surface area (Å²) in [5, 5.41) is 2.56. The van der Waals surface area contributed by atoms with Crippen molar-refractivity contribution in [3.63, 3.8) is 0 Å². The molecule has 0 saturated heterocycles. The standard InChI is InChI=1S/C21H25F3N2O3S/c1-5-19(26(30(4,28)29)18-10-9-14(2)15(3)11-18)20(27)25-13-16-7-6-8-17(12-16)21(22,23)24/h6-12,19H,5,13H2,1-4H3,(H,25,27)/t19-/m0/s1. The molecule has 0 unspecified atom stereocenters. The SMILES string of the molecule is CC[C@@H](C(=O)NCc1cccc(C(F)(F)F)c1)N(c1ccc(C)c(C)c1)S(C)(=O)=O. The Kier molecular flexibility index (Phi) is 7.18. The fourth-order valence-corrected chi connectivity index (χ4v) is 4.29. The van der Waals surface area contributed by atoms with Crippen LogP contribution in [0.5, 0.6) is 0 Å². The van der Waals surface area contributed by atoms with Crippen LogP contribution in [0.15, 0.2) is 42.5 Å². The quantitative estimate of drug-likeness (QED) is 0.700. The molecule has 30 heavy (non-hydrogen) atoms. The largest absolute Gasteiger partial charge is 0.416 e. The second-order valence-corrected chi connectivity index (χ2v) is 9.03. The van der Waals surface area contributed by atoms with Crippen molar-refractivity contribution in [2.24, 2.45) is 0 Å². The van der Waals surface area contributed by atoms with E-state index in [4.69, 9.17) is 0 Å². The molecule has 0 heterocycles. The number of carbonyl (C=O) groups excluding carboxylic acids is 1. The first-order valence-corrected chi connectivity index (χ1v) is 11.2. The number of alkyl halides is 3. The highest BCUT2D eigenvalue weighted by Gasteiger charge is 2.32. The summed E-state index contributed by atoms with van der Waals surface area (Å²) in [5.74, 6) is -0.585. The number of aryl methyl sites for hydroxylation is 2. The molecule has 9 heteroatoms. The second-order valence-electron chi connectivity index (χ2n) is 7.17. The first kappa shape index (κ1) is 23.7. The van der Waals surface area contributed by atoms with E-state index in [0.717, 1.165) is 33.8 Å². The van der Waals surface area contributed by atoms with Crippen LogP contribution in [0, 0.1) is 13.8 Å². The molecule has 2 aromatic rings. The minimum Gasteiger partial charge on any atom is -0.350 e. The van der Waals surface area contributed by atoms with Gasteiger partial charge in [-0.05, 0) is 61.2 Å². The zero-order valence-corrected chi connectivity index (χ0v) is 18.1. The Hall–Kier alpha value is -2.55. The number of hydrogen-bond acceptors (Lipinski definition) is 3. The molecule has 0 aliphatic carbocycles. The summed E-state index contributed by atoms with van der Waals surface area (Å²) < 4.78 is 64.6. The van der Waals surface area contributed by atoms with Gasteiger partial charge in [-0.1, -0.05) is 25.1 Å². The van der Waals surface area contributed by atoms with Crippen LogP contribution in [0.1, 0.15) is 35.6 Å². The molecule has 2 aromatic carbocycles. The number of rotatable bonds is 7. The maximum absolute atomic E-state index is 12.9. The van der Waals surface area contributed by atoms with Crippen LogP contribution in [-0.4, -0.2) is 26.6 Å². The fraction of sp³-hybridized carbons (Fsp3) is 0.381. The number of amides is 1. The number of nitrogens with one attached hydrogen (secondary N) is 1. The number of anilines is 1. The summed E-state index contributed by atoms with van der Waals surface area (Å²) >= 11 is 0. The molecule has 5 nitrogen and oxygen atoms in total. The van der Waals surface area contributed by atoms with E-state index < -0.39 is 33.7 Å². The van der Waals surface area contributed by atoms with Crippen LogP contribution >= 0.6 is 0 Å². The molecule has 2 rings (SSSR count). The van der Waals surface area contributed by atoms with Crippen molar-refractivity contribution >= 4 is 21.6 Å². The van der Waals surface area contributed by atoms with Crippen LogP contribution in [0.4, 0.5) is 18.9 Å². The van der Waals surface area contributed by atoms with Crippen LogP contribution in [0.3, 0.4) is 0 Å². The maximum atomic E-state index is 12.9. The molecule has 0 aliphatic heterocycles. The molecule has 0 radical (unpaired) electrons. The Morgan fingerprint density at radius 3 is 2.30 bits per heavy atom. The highest BCUT2D eigenvalue weighted by molar-refractivity contribution is 7.92. The first-order valence-electron chi connectivity index (χ1n) is 9.35. The van der Waals surface area contributed by atoms with Crippen molar-refractivity contribution < 1.29 is 26.4 Å². The van der Waals surface area contributed by atoms with Gasteiger partial charge in [-0.25, -0.2) is 8.42 Å². The van der Waals surface area contributed by atoms with Gasteiger partial charge >= 0.3 is 6.18 Å². The number of carbonyl (C=O) groups is 1. The zero-order chi connectivity index (χ0) is 22.7. The number of halogens is 3. The number of sulfonamides is 1. The summed E-state index contributed by atoms with van der Waals surface area (Å²) in [6.07, 6.45) is -3.28. The first-order chi connectivity index (χ1) is 13.8. The summed E-state index contributed by atoms with van der Waals surface area (Å²) in [7, 11) is -3.79. The summed E-state index contributed by atoms with van der Waals surface area (Å²) in [4.78, 5) is 12.8. The van der Waals surface area contributed by atoms with E-state index in [2.05, 4.69) is 5.32 Å². The van der Waals surface area contributed by atoms with E-state index in [1.165, 1.54) is 12.1 Å². The van der Waals surface area contributed by atoms with E-state index in [1.54, 1.807) is 25.1 Å². The molecule has 0 fully saturated rings. The molecule has 1 N–H and O–H groups in total. The van der Waals surface area contributed by atoms with Gasteiger partial charge in [0.15, 0.2) is 0 Å². The van der Waals surface area contributed by atoms with E-state index in [-0.39, 0.29) is 18.5 Å². The van der Waals surface area contributed by atoms with E-state index in [9.17, 15) is 26.4 Å². The summed E-state index contributed by atoms with van der Waals surface area (Å²) in [5.41, 5.74) is 1.68. The average molecular weight is 443 g/mol. The van der Waals surface area contributed by atoms with Crippen molar-refractivity contribution in [1.82, 2.24) is 5.32 Å². The Morgan fingerprint density at radius 1 is 1.10 bits per heavy atom. The van der Waals surface area contributed by atoms with Crippen molar-refractivity contribution in [1.29, 1.82) is 0 Å². The third kappa shape index (κ3) is 5.75. The monoisotopic (exact) mass is 442 g/mol. The van der Waals surface area contributed by atoms with Crippen molar-refractivity contribution in [3.8, 4) is 0 Å². The molecule has 0 aliphatic rings. The van der Waals surface area contributed by atoms with Gasteiger partial charge in [0.25, 0.3) is 0 Å². The fourth-order valence-electron chi connectivity index (χ4n) is 3.09. The molecule has 1 amide bonds. The topological polar surface area (TPSA) is 66.5 Å². The molecule has 0 spiro atoms. The number of nitrogens with zero attached hydrogens (tertiary/aromatic N) is 1. The van der Waals surface area contributed by atoms with Gasteiger partial charge in [-0.3, -0.25) is 9.10 Å². The molecular weight excluding hydrogens is 417 g/mol. The third-order valence-corrected chi connectivity index (χ3v) is 5.98. The lowest BCUT2D eigenvalue weighted by molar-refractivity contribution is -0.137. The molecule has 1 atom stereocenters. The van der Waals surface area contributed by atoms with Gasteiger partial charge in [0.2, 0.25) is 15.9 Å². The van der Waals surface area contributed by atoms with E-state index in [1.807, 2.05) is 13.8 Å². The third-order valence-electron chi connectivity index (χ3n) is 4.80. The lowest BCUT2D eigenvalue weighted by atomic mass is 10.1. The van der Waals surface area contributed by atoms with Crippen molar-refractivity contribution in [2.75, 3.05) is 10.6 Å². The lowest BCUT2D eigenvalue weighted by Crippen LogP contribution is -2.49. The molecule has 0 bridgehead atoms. The van der Waals surface area contributed by atoms with Gasteiger partial charge in [-0.15, -0.1) is 0 Å². The Balaban J connectivity index is 2.27. The van der Waals surface area contributed by atoms with Gasteiger partial charge < -0.3 is 5.32 Å². The molecule has 164 valence electrons.